The summed E-state index contributed by atoms with van der Waals surface area (Å²) < 4.78 is 0. The highest BCUT2D eigenvalue weighted by atomic mass is 16.4. The molecule has 1 rings (SSSR count). The number of pyridine rings is 1. The number of aromatic nitrogens is 1. The van der Waals surface area contributed by atoms with Crippen molar-refractivity contribution in [1.82, 2.24) is 10.3 Å². The van der Waals surface area contributed by atoms with Crippen molar-refractivity contribution in [3.05, 3.63) is 23.9 Å². The van der Waals surface area contributed by atoms with Crippen LogP contribution in [-0.2, 0) is 4.79 Å². The van der Waals surface area contributed by atoms with Crippen molar-refractivity contribution < 1.29 is 14.7 Å². The normalized spacial score (nSPS) is 9.76. The zero-order chi connectivity index (χ0) is 12.8. The summed E-state index contributed by atoms with van der Waals surface area (Å²) in [6, 6.07) is 3.03. The van der Waals surface area contributed by atoms with Gasteiger partial charge in [-0.2, -0.15) is 0 Å². The van der Waals surface area contributed by atoms with E-state index in [0.717, 1.165) is 0 Å². The lowest BCUT2D eigenvalue weighted by Gasteiger charge is -2.17. The smallest absolute Gasteiger partial charge is 0.337 e. The first-order chi connectivity index (χ1) is 8.04. The van der Waals surface area contributed by atoms with E-state index >= 15 is 0 Å². The second-order valence-corrected chi connectivity index (χ2v) is 3.52. The fourth-order valence-electron chi connectivity index (χ4n) is 1.29. The van der Waals surface area contributed by atoms with Gasteiger partial charge in [-0.3, -0.25) is 4.79 Å². The number of amides is 1. The number of anilines is 1. The van der Waals surface area contributed by atoms with E-state index in [0.29, 0.717) is 12.4 Å². The van der Waals surface area contributed by atoms with Crippen LogP contribution in [0.2, 0.25) is 0 Å². The molecule has 0 spiro atoms. The standard InChI is InChI=1S/C11H15N3O3/c1-3-12-10(15)7-14(2)9-5-4-8(6-13-9)11(16)17/h4-6H,3,7H2,1-2H3,(H,12,15)(H,16,17). The highest BCUT2D eigenvalue weighted by Gasteiger charge is 2.09. The maximum absolute atomic E-state index is 11.3. The molecule has 92 valence electrons. The van der Waals surface area contributed by atoms with Crippen molar-refractivity contribution >= 4 is 17.7 Å². The molecule has 0 aliphatic rings. The summed E-state index contributed by atoms with van der Waals surface area (Å²) in [7, 11) is 1.72. The van der Waals surface area contributed by atoms with Crippen LogP contribution in [0.5, 0.6) is 0 Å². The highest BCUT2D eigenvalue weighted by Crippen LogP contribution is 2.09. The molecule has 1 aromatic rings. The molecule has 1 amide bonds. The highest BCUT2D eigenvalue weighted by molar-refractivity contribution is 5.87. The molecule has 6 heteroatoms. The largest absolute Gasteiger partial charge is 0.478 e. The van der Waals surface area contributed by atoms with Crippen LogP contribution in [0, 0.1) is 0 Å². The Kier molecular flexibility index (Phi) is 4.45. The molecule has 0 saturated heterocycles. The van der Waals surface area contributed by atoms with Gasteiger partial charge in [-0.1, -0.05) is 0 Å². The number of aromatic carboxylic acids is 1. The van der Waals surface area contributed by atoms with Crippen molar-refractivity contribution in [3.8, 4) is 0 Å². The van der Waals surface area contributed by atoms with E-state index in [2.05, 4.69) is 10.3 Å². The van der Waals surface area contributed by atoms with Crippen LogP contribution < -0.4 is 10.2 Å². The summed E-state index contributed by atoms with van der Waals surface area (Å²) in [6.45, 7) is 2.61. The first-order valence-electron chi connectivity index (χ1n) is 5.21. The quantitative estimate of drug-likeness (QED) is 0.772. The first-order valence-corrected chi connectivity index (χ1v) is 5.21. The molecule has 1 aromatic heterocycles. The van der Waals surface area contributed by atoms with Gasteiger partial charge in [0, 0.05) is 19.8 Å². The number of nitrogens with zero attached hydrogens (tertiary/aromatic N) is 2. The predicted molar refractivity (Wildman–Crippen MR) is 63.2 cm³/mol. The Morgan fingerprint density at radius 2 is 2.18 bits per heavy atom. The van der Waals surface area contributed by atoms with Crippen LogP contribution in [0.3, 0.4) is 0 Å². The van der Waals surface area contributed by atoms with Crippen molar-refractivity contribution in [3.63, 3.8) is 0 Å². The van der Waals surface area contributed by atoms with Crippen LogP contribution >= 0.6 is 0 Å². The monoisotopic (exact) mass is 237 g/mol. The molecule has 1 heterocycles. The van der Waals surface area contributed by atoms with E-state index in [1.54, 1.807) is 18.0 Å². The number of carboxylic acids is 1. The van der Waals surface area contributed by atoms with Crippen LogP contribution in [0.1, 0.15) is 17.3 Å². The average molecular weight is 237 g/mol. The van der Waals surface area contributed by atoms with Gasteiger partial charge in [-0.15, -0.1) is 0 Å². The third kappa shape index (κ3) is 3.75. The zero-order valence-corrected chi connectivity index (χ0v) is 9.80. The summed E-state index contributed by atoms with van der Waals surface area (Å²) in [6.07, 6.45) is 1.27. The number of carbonyl (C=O) groups is 2. The molecular formula is C11H15N3O3. The Morgan fingerprint density at radius 3 is 2.65 bits per heavy atom. The Balaban J connectivity index is 2.66. The topological polar surface area (TPSA) is 82.5 Å². The maximum atomic E-state index is 11.3. The lowest BCUT2D eigenvalue weighted by Crippen LogP contribution is -2.35. The van der Waals surface area contributed by atoms with Crippen LogP contribution in [0.15, 0.2) is 18.3 Å². The van der Waals surface area contributed by atoms with Gasteiger partial charge in [-0.25, -0.2) is 9.78 Å². The minimum atomic E-state index is -1.02. The number of hydrogen-bond acceptors (Lipinski definition) is 4. The van der Waals surface area contributed by atoms with Gasteiger partial charge in [0.2, 0.25) is 5.91 Å². The maximum Gasteiger partial charge on any atom is 0.337 e. The molecule has 0 aliphatic heterocycles. The molecule has 0 saturated carbocycles. The van der Waals surface area contributed by atoms with Gasteiger partial charge in [0.1, 0.15) is 5.82 Å². The van der Waals surface area contributed by atoms with Crippen LogP contribution in [-0.4, -0.2) is 42.1 Å². The number of carboxylic acid groups (broad SMARTS) is 1. The second kappa shape index (κ2) is 5.83. The predicted octanol–water partition coefficient (Wildman–Crippen LogP) is 0.352. The van der Waals surface area contributed by atoms with Crippen LogP contribution in [0.25, 0.3) is 0 Å². The molecule has 2 N–H and O–H groups in total. The van der Waals surface area contributed by atoms with E-state index in [1.807, 2.05) is 6.92 Å². The van der Waals surface area contributed by atoms with Crippen molar-refractivity contribution in [2.75, 3.05) is 25.0 Å². The molecule has 0 fully saturated rings. The summed E-state index contributed by atoms with van der Waals surface area (Å²) in [4.78, 5) is 27.6. The summed E-state index contributed by atoms with van der Waals surface area (Å²) in [5.41, 5.74) is 0.125. The fraction of sp³-hybridized carbons (Fsp3) is 0.364. The summed E-state index contributed by atoms with van der Waals surface area (Å²) in [5, 5.41) is 11.4. The molecule has 0 bridgehead atoms. The van der Waals surface area contributed by atoms with Crippen molar-refractivity contribution in [2.45, 2.75) is 6.92 Å². The van der Waals surface area contributed by atoms with E-state index in [1.165, 1.54) is 12.3 Å². The summed E-state index contributed by atoms with van der Waals surface area (Å²) >= 11 is 0. The molecule has 0 atom stereocenters. The van der Waals surface area contributed by atoms with Crippen LogP contribution in [0.4, 0.5) is 5.82 Å². The Labute approximate surface area is 99.3 Å². The fourth-order valence-corrected chi connectivity index (χ4v) is 1.29. The molecule has 0 aliphatic carbocycles. The van der Waals surface area contributed by atoms with Gasteiger partial charge in [0.05, 0.1) is 12.1 Å². The second-order valence-electron chi connectivity index (χ2n) is 3.52. The van der Waals surface area contributed by atoms with Crippen molar-refractivity contribution in [1.29, 1.82) is 0 Å². The molecule has 0 radical (unpaired) electrons. The van der Waals surface area contributed by atoms with E-state index in [-0.39, 0.29) is 18.0 Å². The van der Waals surface area contributed by atoms with Gasteiger partial charge < -0.3 is 15.3 Å². The number of nitrogens with one attached hydrogen (secondary N) is 1. The number of likely N-dealkylation sites (N-methyl/N-ethyl adjacent to an activating group) is 2. The average Bonchev–Trinajstić information content (AvgIpc) is 2.29. The Morgan fingerprint density at radius 1 is 1.47 bits per heavy atom. The number of hydrogen-bond donors (Lipinski definition) is 2. The van der Waals surface area contributed by atoms with E-state index in [4.69, 9.17) is 5.11 Å². The molecule has 0 aromatic carbocycles. The number of rotatable bonds is 5. The lowest BCUT2D eigenvalue weighted by molar-refractivity contribution is -0.119. The number of carbonyl (C=O) groups excluding carboxylic acids is 1. The molecular weight excluding hydrogens is 222 g/mol. The molecule has 6 nitrogen and oxygen atoms in total. The van der Waals surface area contributed by atoms with Crippen molar-refractivity contribution in [2.24, 2.45) is 0 Å². The molecule has 17 heavy (non-hydrogen) atoms. The van der Waals surface area contributed by atoms with E-state index in [9.17, 15) is 9.59 Å². The third-order valence-corrected chi connectivity index (χ3v) is 2.14. The Bertz CT molecular complexity index is 403. The van der Waals surface area contributed by atoms with Gasteiger partial charge in [-0.05, 0) is 19.1 Å². The Hall–Kier alpha value is -2.11. The SMILES string of the molecule is CCNC(=O)CN(C)c1ccc(C(=O)O)cn1. The van der Waals surface area contributed by atoms with Gasteiger partial charge in [0.25, 0.3) is 0 Å². The first kappa shape index (κ1) is 13.0. The lowest BCUT2D eigenvalue weighted by atomic mass is 10.3. The zero-order valence-electron chi connectivity index (χ0n) is 9.80. The van der Waals surface area contributed by atoms with Gasteiger partial charge in [0.15, 0.2) is 0 Å². The van der Waals surface area contributed by atoms with E-state index < -0.39 is 5.97 Å². The third-order valence-electron chi connectivity index (χ3n) is 2.14. The minimum Gasteiger partial charge on any atom is -0.478 e. The minimum absolute atomic E-state index is 0.0980. The molecule has 0 unspecified atom stereocenters. The van der Waals surface area contributed by atoms with Gasteiger partial charge >= 0.3 is 5.97 Å². The summed E-state index contributed by atoms with van der Waals surface area (Å²) in [5.74, 6) is -0.559.